The van der Waals surface area contributed by atoms with Gasteiger partial charge in [-0.2, -0.15) is 0 Å². The average molecular weight is 324 g/mol. The van der Waals surface area contributed by atoms with Crippen LogP contribution in [0.15, 0.2) is 48.2 Å². The van der Waals surface area contributed by atoms with Gasteiger partial charge in [0.2, 0.25) is 0 Å². The molecule has 2 N–H and O–H groups in total. The van der Waals surface area contributed by atoms with Crippen LogP contribution in [0.4, 0.5) is 5.69 Å². The standard InChI is InChI=1S/C18H16N2O2S/c1-11-7-8-14(9-12(11)2)20-17(22)15(19-18(20)23)10-13-5-3-4-6-16(13)21/h3-10,21H,1-2H3,(H,19,23)/b15-10+. The Morgan fingerprint density at radius 1 is 1.13 bits per heavy atom. The van der Waals surface area contributed by atoms with Crippen LogP contribution in [0.25, 0.3) is 6.08 Å². The zero-order chi connectivity index (χ0) is 16.6. The normalized spacial score (nSPS) is 16.1. The molecule has 0 aromatic heterocycles. The van der Waals surface area contributed by atoms with E-state index in [1.165, 1.54) is 4.90 Å². The number of anilines is 1. The van der Waals surface area contributed by atoms with E-state index in [0.29, 0.717) is 16.4 Å². The number of phenolic OH excluding ortho intramolecular Hbond substituents is 1. The quantitative estimate of drug-likeness (QED) is 0.657. The Morgan fingerprint density at radius 3 is 2.57 bits per heavy atom. The molecule has 0 radical (unpaired) electrons. The molecule has 2 aromatic carbocycles. The number of hydrogen-bond donors (Lipinski definition) is 2. The summed E-state index contributed by atoms with van der Waals surface area (Å²) in [6, 6.07) is 12.6. The Balaban J connectivity index is 1.97. The second-order valence-electron chi connectivity index (χ2n) is 5.46. The van der Waals surface area contributed by atoms with Gasteiger partial charge in [0.15, 0.2) is 5.11 Å². The maximum atomic E-state index is 12.7. The summed E-state index contributed by atoms with van der Waals surface area (Å²) in [6.07, 6.45) is 1.60. The van der Waals surface area contributed by atoms with Crippen molar-refractivity contribution in [2.24, 2.45) is 0 Å². The van der Waals surface area contributed by atoms with Gasteiger partial charge in [-0.1, -0.05) is 24.3 Å². The summed E-state index contributed by atoms with van der Waals surface area (Å²) in [5.74, 6) is -0.119. The summed E-state index contributed by atoms with van der Waals surface area (Å²) >= 11 is 5.29. The molecule has 23 heavy (non-hydrogen) atoms. The van der Waals surface area contributed by atoms with Crippen LogP contribution < -0.4 is 10.2 Å². The Morgan fingerprint density at radius 2 is 1.87 bits per heavy atom. The van der Waals surface area contributed by atoms with E-state index in [-0.39, 0.29) is 11.7 Å². The summed E-state index contributed by atoms with van der Waals surface area (Å²) in [4.78, 5) is 14.1. The van der Waals surface area contributed by atoms with Crippen molar-refractivity contribution in [3.63, 3.8) is 0 Å². The molecule has 3 rings (SSSR count). The summed E-state index contributed by atoms with van der Waals surface area (Å²) in [6.45, 7) is 4.01. The van der Waals surface area contributed by atoms with Crippen molar-refractivity contribution >= 4 is 35.0 Å². The van der Waals surface area contributed by atoms with Gasteiger partial charge in [0.1, 0.15) is 11.4 Å². The molecule has 1 aliphatic heterocycles. The van der Waals surface area contributed by atoms with Gasteiger partial charge in [-0.05, 0) is 61.5 Å². The number of rotatable bonds is 2. The van der Waals surface area contributed by atoms with Crippen LogP contribution in [0.2, 0.25) is 0 Å². The Bertz CT molecular complexity index is 843. The summed E-state index contributed by atoms with van der Waals surface area (Å²) < 4.78 is 0. The number of carbonyl (C=O) groups is 1. The minimum absolute atomic E-state index is 0.116. The van der Waals surface area contributed by atoms with Crippen molar-refractivity contribution in [3.05, 3.63) is 64.9 Å². The van der Waals surface area contributed by atoms with Gasteiger partial charge in [-0.25, -0.2) is 0 Å². The lowest BCUT2D eigenvalue weighted by Crippen LogP contribution is -2.30. The highest BCUT2D eigenvalue weighted by atomic mass is 32.1. The van der Waals surface area contributed by atoms with E-state index in [4.69, 9.17) is 12.2 Å². The lowest BCUT2D eigenvalue weighted by molar-refractivity contribution is -0.113. The molecule has 4 nitrogen and oxygen atoms in total. The van der Waals surface area contributed by atoms with E-state index in [2.05, 4.69) is 5.32 Å². The highest BCUT2D eigenvalue weighted by Gasteiger charge is 2.32. The Hall–Kier alpha value is -2.66. The lowest BCUT2D eigenvalue weighted by atomic mass is 10.1. The van der Waals surface area contributed by atoms with Crippen molar-refractivity contribution in [3.8, 4) is 5.75 Å². The average Bonchev–Trinajstić information content (AvgIpc) is 2.79. The van der Waals surface area contributed by atoms with Gasteiger partial charge in [-0.15, -0.1) is 0 Å². The number of nitrogens with one attached hydrogen (secondary N) is 1. The molecule has 116 valence electrons. The topological polar surface area (TPSA) is 52.6 Å². The number of nitrogens with zero attached hydrogens (tertiary/aromatic N) is 1. The van der Waals surface area contributed by atoms with Gasteiger partial charge in [0.05, 0.1) is 5.69 Å². The third-order valence-corrected chi connectivity index (χ3v) is 4.15. The van der Waals surface area contributed by atoms with E-state index in [9.17, 15) is 9.90 Å². The highest BCUT2D eigenvalue weighted by Crippen LogP contribution is 2.26. The van der Waals surface area contributed by atoms with Gasteiger partial charge < -0.3 is 10.4 Å². The van der Waals surface area contributed by atoms with Crippen molar-refractivity contribution in [2.45, 2.75) is 13.8 Å². The molecule has 2 aromatic rings. The largest absolute Gasteiger partial charge is 0.507 e. The van der Waals surface area contributed by atoms with Crippen LogP contribution in [0.3, 0.4) is 0 Å². The number of carbonyl (C=O) groups excluding carboxylic acids is 1. The van der Waals surface area contributed by atoms with Crippen LogP contribution >= 0.6 is 12.2 Å². The van der Waals surface area contributed by atoms with Crippen molar-refractivity contribution in [1.29, 1.82) is 0 Å². The molecule has 0 spiro atoms. The van der Waals surface area contributed by atoms with Gasteiger partial charge >= 0.3 is 0 Å². The number of hydrogen-bond acceptors (Lipinski definition) is 3. The molecule has 0 bridgehead atoms. The molecular formula is C18H16N2O2S. The predicted octanol–water partition coefficient (Wildman–Crippen LogP) is 3.27. The van der Waals surface area contributed by atoms with Gasteiger partial charge in [0, 0.05) is 5.56 Å². The lowest BCUT2D eigenvalue weighted by Gasteiger charge is -2.15. The van der Waals surface area contributed by atoms with E-state index >= 15 is 0 Å². The van der Waals surface area contributed by atoms with Crippen LogP contribution in [0.1, 0.15) is 16.7 Å². The summed E-state index contributed by atoms with van der Waals surface area (Å²) in [5, 5.41) is 13.1. The van der Waals surface area contributed by atoms with Gasteiger partial charge in [0.25, 0.3) is 5.91 Å². The second kappa shape index (κ2) is 5.85. The highest BCUT2D eigenvalue weighted by molar-refractivity contribution is 7.80. The second-order valence-corrected chi connectivity index (χ2v) is 5.84. The first-order valence-electron chi connectivity index (χ1n) is 7.20. The minimum atomic E-state index is -0.235. The van der Waals surface area contributed by atoms with Crippen LogP contribution in [-0.2, 0) is 4.79 Å². The fourth-order valence-electron chi connectivity index (χ4n) is 2.40. The molecular weight excluding hydrogens is 308 g/mol. The smallest absolute Gasteiger partial charge is 0.281 e. The number of amides is 1. The molecule has 1 amide bonds. The molecule has 0 aliphatic carbocycles. The number of thiocarbonyl (C=S) groups is 1. The number of benzene rings is 2. The van der Waals surface area contributed by atoms with E-state index < -0.39 is 0 Å². The van der Waals surface area contributed by atoms with Crippen LogP contribution in [0.5, 0.6) is 5.75 Å². The Kier molecular flexibility index (Phi) is 3.88. The van der Waals surface area contributed by atoms with E-state index in [1.807, 2.05) is 32.0 Å². The molecule has 1 heterocycles. The van der Waals surface area contributed by atoms with Gasteiger partial charge in [-0.3, -0.25) is 9.69 Å². The van der Waals surface area contributed by atoms with Crippen molar-refractivity contribution in [1.82, 2.24) is 5.32 Å². The molecule has 0 unspecified atom stereocenters. The third kappa shape index (κ3) is 2.83. The predicted molar refractivity (Wildman–Crippen MR) is 95.2 cm³/mol. The van der Waals surface area contributed by atoms with Crippen LogP contribution in [-0.4, -0.2) is 16.1 Å². The fraction of sp³-hybridized carbons (Fsp3) is 0.111. The first kappa shape index (κ1) is 15.2. The number of para-hydroxylation sites is 1. The fourth-order valence-corrected chi connectivity index (χ4v) is 2.70. The monoisotopic (exact) mass is 324 g/mol. The SMILES string of the molecule is Cc1ccc(N2C(=O)/C(=C\c3ccccc3O)NC2=S)cc1C. The minimum Gasteiger partial charge on any atom is -0.507 e. The molecule has 1 fully saturated rings. The summed E-state index contributed by atoms with van der Waals surface area (Å²) in [5.41, 5.74) is 3.89. The first-order valence-corrected chi connectivity index (χ1v) is 7.60. The maximum absolute atomic E-state index is 12.7. The number of phenols is 1. The molecule has 1 saturated heterocycles. The summed E-state index contributed by atoms with van der Waals surface area (Å²) in [7, 11) is 0. The first-order chi connectivity index (χ1) is 11.0. The number of aryl methyl sites for hydroxylation is 2. The molecule has 0 saturated carbocycles. The number of aromatic hydroxyl groups is 1. The van der Waals surface area contributed by atoms with E-state index in [0.717, 1.165) is 16.8 Å². The van der Waals surface area contributed by atoms with Crippen LogP contribution in [0, 0.1) is 13.8 Å². The zero-order valence-corrected chi connectivity index (χ0v) is 13.6. The zero-order valence-electron chi connectivity index (χ0n) is 12.8. The maximum Gasteiger partial charge on any atom is 0.281 e. The molecule has 5 heteroatoms. The third-order valence-electron chi connectivity index (χ3n) is 3.86. The van der Waals surface area contributed by atoms with Crippen molar-refractivity contribution < 1.29 is 9.90 Å². The van der Waals surface area contributed by atoms with E-state index in [1.54, 1.807) is 30.3 Å². The molecule has 0 atom stereocenters. The Labute approximate surface area is 140 Å². The molecule has 1 aliphatic rings. The van der Waals surface area contributed by atoms with Crippen molar-refractivity contribution in [2.75, 3.05) is 4.90 Å².